The van der Waals surface area contributed by atoms with E-state index in [1.807, 2.05) is 30.3 Å². The van der Waals surface area contributed by atoms with Crippen LogP contribution in [0.5, 0.6) is 5.75 Å². The SMILES string of the molecule is COc1cc(N)c(Cl)cc1C(=O)N1CCOC(c2ccccc2)C1. The lowest BCUT2D eigenvalue weighted by molar-refractivity contribution is -0.0229. The van der Waals surface area contributed by atoms with Crippen molar-refractivity contribution in [1.82, 2.24) is 4.90 Å². The second-order valence-corrected chi connectivity index (χ2v) is 6.00. The maximum Gasteiger partial charge on any atom is 0.257 e. The molecule has 0 aromatic heterocycles. The topological polar surface area (TPSA) is 64.8 Å². The molecule has 0 saturated carbocycles. The number of anilines is 1. The molecule has 5 nitrogen and oxygen atoms in total. The number of nitrogens with two attached hydrogens (primary N) is 1. The van der Waals surface area contributed by atoms with Gasteiger partial charge in [0.1, 0.15) is 11.9 Å². The highest BCUT2D eigenvalue weighted by atomic mass is 35.5. The van der Waals surface area contributed by atoms with Crippen LogP contribution in [0.25, 0.3) is 0 Å². The molecule has 1 fully saturated rings. The number of benzene rings is 2. The summed E-state index contributed by atoms with van der Waals surface area (Å²) in [6.07, 6.45) is -0.140. The number of amides is 1. The van der Waals surface area contributed by atoms with Crippen molar-refractivity contribution in [2.24, 2.45) is 0 Å². The van der Waals surface area contributed by atoms with E-state index in [1.54, 1.807) is 17.0 Å². The molecule has 0 bridgehead atoms. The Kier molecular flexibility index (Phi) is 4.92. The fourth-order valence-corrected chi connectivity index (χ4v) is 2.94. The van der Waals surface area contributed by atoms with Crippen molar-refractivity contribution in [1.29, 1.82) is 0 Å². The van der Waals surface area contributed by atoms with Gasteiger partial charge in [-0.25, -0.2) is 0 Å². The van der Waals surface area contributed by atoms with Crippen molar-refractivity contribution in [2.75, 3.05) is 32.5 Å². The zero-order valence-electron chi connectivity index (χ0n) is 13.4. The molecular formula is C18H19ClN2O3. The molecule has 24 heavy (non-hydrogen) atoms. The number of nitrogens with zero attached hydrogens (tertiary/aromatic N) is 1. The van der Waals surface area contributed by atoms with E-state index >= 15 is 0 Å². The number of halogens is 1. The van der Waals surface area contributed by atoms with Gasteiger partial charge in [-0.2, -0.15) is 0 Å². The van der Waals surface area contributed by atoms with Crippen molar-refractivity contribution in [3.8, 4) is 5.75 Å². The summed E-state index contributed by atoms with van der Waals surface area (Å²) in [5, 5.41) is 0.340. The van der Waals surface area contributed by atoms with E-state index in [0.717, 1.165) is 5.56 Å². The number of morpholine rings is 1. The minimum Gasteiger partial charge on any atom is -0.496 e. The van der Waals surface area contributed by atoms with Crippen LogP contribution < -0.4 is 10.5 Å². The van der Waals surface area contributed by atoms with Crippen LogP contribution in [0.2, 0.25) is 5.02 Å². The fraction of sp³-hybridized carbons (Fsp3) is 0.278. The van der Waals surface area contributed by atoms with Crippen LogP contribution in [0, 0.1) is 0 Å². The van der Waals surface area contributed by atoms with Crippen molar-refractivity contribution in [3.63, 3.8) is 0 Å². The Morgan fingerprint density at radius 1 is 1.33 bits per heavy atom. The van der Waals surface area contributed by atoms with Gasteiger partial charge < -0.3 is 20.1 Å². The van der Waals surface area contributed by atoms with Crippen molar-refractivity contribution >= 4 is 23.2 Å². The van der Waals surface area contributed by atoms with Crippen LogP contribution in [0.15, 0.2) is 42.5 Å². The van der Waals surface area contributed by atoms with Crippen molar-refractivity contribution in [2.45, 2.75) is 6.10 Å². The second kappa shape index (κ2) is 7.11. The van der Waals surface area contributed by atoms with E-state index in [0.29, 0.717) is 41.7 Å². The third kappa shape index (κ3) is 3.32. The molecule has 0 radical (unpaired) electrons. The Morgan fingerprint density at radius 3 is 2.79 bits per heavy atom. The average Bonchev–Trinajstić information content (AvgIpc) is 2.64. The highest BCUT2D eigenvalue weighted by Gasteiger charge is 2.28. The first-order valence-electron chi connectivity index (χ1n) is 7.69. The largest absolute Gasteiger partial charge is 0.496 e. The van der Waals surface area contributed by atoms with Gasteiger partial charge in [-0.1, -0.05) is 41.9 Å². The maximum absolute atomic E-state index is 12.9. The number of carbonyl (C=O) groups excluding carboxylic acids is 1. The molecule has 126 valence electrons. The number of hydrogen-bond donors (Lipinski definition) is 1. The molecule has 1 aliphatic heterocycles. The Morgan fingerprint density at radius 2 is 2.08 bits per heavy atom. The van der Waals surface area contributed by atoms with Crippen LogP contribution in [0.4, 0.5) is 5.69 Å². The smallest absolute Gasteiger partial charge is 0.257 e. The second-order valence-electron chi connectivity index (χ2n) is 5.60. The van der Waals surface area contributed by atoms with Gasteiger partial charge in [0.15, 0.2) is 0 Å². The molecule has 1 aliphatic rings. The summed E-state index contributed by atoms with van der Waals surface area (Å²) in [6, 6.07) is 13.0. The Labute approximate surface area is 145 Å². The van der Waals surface area contributed by atoms with Crippen LogP contribution in [-0.2, 0) is 4.74 Å². The monoisotopic (exact) mass is 346 g/mol. The van der Waals surface area contributed by atoms with Gasteiger partial charge in [0, 0.05) is 12.6 Å². The van der Waals surface area contributed by atoms with E-state index in [2.05, 4.69) is 0 Å². The molecule has 1 heterocycles. The summed E-state index contributed by atoms with van der Waals surface area (Å²) in [7, 11) is 1.51. The van der Waals surface area contributed by atoms with Gasteiger partial charge in [-0.3, -0.25) is 4.79 Å². The number of rotatable bonds is 3. The van der Waals surface area contributed by atoms with Gasteiger partial charge in [0.05, 0.1) is 36.5 Å². The summed E-state index contributed by atoms with van der Waals surface area (Å²) >= 11 is 6.07. The summed E-state index contributed by atoms with van der Waals surface area (Å²) in [6.45, 7) is 1.48. The van der Waals surface area contributed by atoms with Crippen molar-refractivity contribution in [3.05, 3.63) is 58.6 Å². The molecule has 1 unspecified atom stereocenters. The summed E-state index contributed by atoms with van der Waals surface area (Å²) in [5.41, 5.74) is 7.63. The molecule has 2 aromatic rings. The fourth-order valence-electron chi connectivity index (χ4n) is 2.78. The predicted molar refractivity (Wildman–Crippen MR) is 93.5 cm³/mol. The quantitative estimate of drug-likeness (QED) is 0.867. The Hall–Kier alpha value is -2.24. The minimum absolute atomic E-state index is 0.140. The molecule has 6 heteroatoms. The molecule has 1 saturated heterocycles. The molecule has 1 atom stereocenters. The standard InChI is InChI=1S/C18H19ClN2O3/c1-23-16-10-15(20)14(19)9-13(16)18(22)21-7-8-24-17(11-21)12-5-3-2-4-6-12/h2-6,9-10,17H,7-8,11,20H2,1H3. The third-order valence-corrected chi connectivity index (χ3v) is 4.40. The number of nitrogen functional groups attached to an aromatic ring is 1. The van der Waals surface area contributed by atoms with Crippen LogP contribution >= 0.6 is 11.6 Å². The predicted octanol–water partition coefficient (Wildman–Crippen LogP) is 3.14. The summed E-state index contributed by atoms with van der Waals surface area (Å²) in [4.78, 5) is 14.7. The molecule has 3 rings (SSSR count). The molecule has 0 aliphatic carbocycles. The van der Waals surface area contributed by atoms with Crippen LogP contribution in [0.1, 0.15) is 22.0 Å². The van der Waals surface area contributed by atoms with Crippen molar-refractivity contribution < 1.29 is 14.3 Å². The first-order valence-corrected chi connectivity index (χ1v) is 8.06. The van der Waals surface area contributed by atoms with Crippen LogP contribution in [-0.4, -0.2) is 37.6 Å². The van der Waals surface area contributed by atoms with E-state index in [-0.39, 0.29) is 12.0 Å². The van der Waals surface area contributed by atoms with E-state index in [4.69, 9.17) is 26.8 Å². The molecule has 1 amide bonds. The van der Waals surface area contributed by atoms with E-state index < -0.39 is 0 Å². The highest BCUT2D eigenvalue weighted by molar-refractivity contribution is 6.33. The van der Waals surface area contributed by atoms with Crippen LogP contribution in [0.3, 0.4) is 0 Å². The lowest BCUT2D eigenvalue weighted by Crippen LogP contribution is -2.42. The minimum atomic E-state index is -0.141. The lowest BCUT2D eigenvalue weighted by atomic mass is 10.1. The van der Waals surface area contributed by atoms with Gasteiger partial charge in [0.25, 0.3) is 5.91 Å². The number of carbonyl (C=O) groups is 1. The van der Waals surface area contributed by atoms with E-state index in [9.17, 15) is 4.79 Å². The van der Waals surface area contributed by atoms with Gasteiger partial charge in [0.2, 0.25) is 0 Å². The summed E-state index contributed by atoms with van der Waals surface area (Å²) < 4.78 is 11.1. The maximum atomic E-state index is 12.9. The van der Waals surface area contributed by atoms with Gasteiger partial charge in [-0.15, -0.1) is 0 Å². The zero-order valence-corrected chi connectivity index (χ0v) is 14.1. The molecule has 0 spiro atoms. The zero-order chi connectivity index (χ0) is 17.1. The van der Waals surface area contributed by atoms with Gasteiger partial charge in [-0.05, 0) is 11.6 Å². The van der Waals surface area contributed by atoms with E-state index in [1.165, 1.54) is 7.11 Å². The number of ether oxygens (including phenoxy) is 2. The Bertz CT molecular complexity index is 737. The first-order chi connectivity index (χ1) is 11.6. The molecular weight excluding hydrogens is 328 g/mol. The number of hydrogen-bond acceptors (Lipinski definition) is 4. The Balaban J connectivity index is 1.84. The number of methoxy groups -OCH3 is 1. The highest BCUT2D eigenvalue weighted by Crippen LogP contribution is 2.31. The normalized spacial score (nSPS) is 17.6. The average molecular weight is 347 g/mol. The third-order valence-electron chi connectivity index (χ3n) is 4.07. The summed E-state index contributed by atoms with van der Waals surface area (Å²) in [5.74, 6) is 0.280. The molecule has 2 aromatic carbocycles. The first kappa shape index (κ1) is 16.6. The van der Waals surface area contributed by atoms with Gasteiger partial charge >= 0.3 is 0 Å². The molecule has 2 N–H and O–H groups in total. The lowest BCUT2D eigenvalue weighted by Gasteiger charge is -2.33.